The van der Waals surface area contributed by atoms with E-state index in [0.717, 1.165) is 5.52 Å². The first kappa shape index (κ1) is 8.21. The third-order valence-corrected chi connectivity index (χ3v) is 1.86. The quantitative estimate of drug-likeness (QED) is 0.655. The number of nitrogens with zero attached hydrogens (tertiary/aromatic N) is 5. The molecule has 0 spiro atoms. The fourth-order valence-electron chi connectivity index (χ4n) is 1.23. The predicted octanol–water partition coefficient (Wildman–Crippen LogP) is 0.827. The van der Waals surface area contributed by atoms with E-state index in [9.17, 15) is 0 Å². The summed E-state index contributed by atoms with van der Waals surface area (Å²) < 4.78 is 1.50. The Kier molecular flexibility index (Phi) is 1.85. The van der Waals surface area contributed by atoms with Crippen LogP contribution in [0.5, 0.6) is 0 Å². The molecule has 14 heavy (non-hydrogen) atoms. The van der Waals surface area contributed by atoms with E-state index in [2.05, 4.69) is 10.3 Å². The summed E-state index contributed by atoms with van der Waals surface area (Å²) in [5.41, 5.74) is 1.95. The number of nitriles is 2. The molecular formula is C9H5N5. The molecule has 5 heteroatoms. The molecule has 0 atom stereocenters. The lowest BCUT2D eigenvalue weighted by atomic mass is 10.2. The molecule has 0 bridgehead atoms. The minimum atomic E-state index is 0.169. The Bertz CT molecular complexity index is 555. The summed E-state index contributed by atoms with van der Waals surface area (Å²) in [6.45, 7) is 0.169. The molecular weight excluding hydrogens is 178 g/mol. The highest BCUT2D eigenvalue weighted by molar-refractivity contribution is 5.75. The molecule has 5 nitrogen and oxygen atoms in total. The number of aromatic nitrogens is 3. The molecule has 0 fully saturated rings. The zero-order valence-corrected chi connectivity index (χ0v) is 7.18. The van der Waals surface area contributed by atoms with Gasteiger partial charge < -0.3 is 0 Å². The van der Waals surface area contributed by atoms with Gasteiger partial charge in [-0.1, -0.05) is 5.21 Å². The first-order valence-corrected chi connectivity index (χ1v) is 3.95. The van der Waals surface area contributed by atoms with Gasteiger partial charge in [0.25, 0.3) is 0 Å². The van der Waals surface area contributed by atoms with Crippen LogP contribution in [-0.4, -0.2) is 15.0 Å². The summed E-state index contributed by atoms with van der Waals surface area (Å²) in [6.07, 6.45) is 0. The van der Waals surface area contributed by atoms with Crippen LogP contribution in [0.4, 0.5) is 0 Å². The Morgan fingerprint density at radius 1 is 1.36 bits per heavy atom. The van der Waals surface area contributed by atoms with Crippen LogP contribution in [-0.2, 0) is 6.54 Å². The van der Waals surface area contributed by atoms with E-state index in [1.54, 1.807) is 18.2 Å². The van der Waals surface area contributed by atoms with Crippen molar-refractivity contribution in [2.75, 3.05) is 0 Å². The third kappa shape index (κ3) is 1.17. The Balaban J connectivity index is 2.62. The molecule has 0 amide bonds. The number of hydrogen-bond acceptors (Lipinski definition) is 4. The van der Waals surface area contributed by atoms with Crippen molar-refractivity contribution in [3.05, 3.63) is 23.8 Å². The predicted molar refractivity (Wildman–Crippen MR) is 47.9 cm³/mol. The van der Waals surface area contributed by atoms with Crippen molar-refractivity contribution in [2.45, 2.75) is 6.54 Å². The van der Waals surface area contributed by atoms with Crippen LogP contribution >= 0.6 is 0 Å². The molecule has 0 aliphatic rings. The SMILES string of the molecule is N#CCn1nnc2cc(C#N)ccc21. The van der Waals surface area contributed by atoms with Gasteiger partial charge >= 0.3 is 0 Å². The minimum absolute atomic E-state index is 0.169. The average molecular weight is 183 g/mol. The first-order valence-electron chi connectivity index (χ1n) is 3.95. The zero-order chi connectivity index (χ0) is 9.97. The van der Waals surface area contributed by atoms with Crippen LogP contribution in [0.1, 0.15) is 5.56 Å². The smallest absolute Gasteiger partial charge is 0.130 e. The molecule has 0 aliphatic heterocycles. The zero-order valence-electron chi connectivity index (χ0n) is 7.18. The van der Waals surface area contributed by atoms with Gasteiger partial charge in [0.15, 0.2) is 0 Å². The molecule has 2 rings (SSSR count). The highest BCUT2D eigenvalue weighted by atomic mass is 15.4. The molecule has 0 radical (unpaired) electrons. The number of fused-ring (bicyclic) bond motifs is 1. The van der Waals surface area contributed by atoms with Crippen LogP contribution < -0.4 is 0 Å². The van der Waals surface area contributed by atoms with Gasteiger partial charge in [-0.2, -0.15) is 10.5 Å². The minimum Gasteiger partial charge on any atom is -0.230 e. The van der Waals surface area contributed by atoms with Gasteiger partial charge in [0, 0.05) is 0 Å². The second-order valence-electron chi connectivity index (χ2n) is 2.72. The fourth-order valence-corrected chi connectivity index (χ4v) is 1.23. The fraction of sp³-hybridized carbons (Fsp3) is 0.111. The molecule has 1 aromatic carbocycles. The molecule has 1 heterocycles. The van der Waals surface area contributed by atoms with Crippen LogP contribution in [0.3, 0.4) is 0 Å². The maximum absolute atomic E-state index is 8.65. The highest BCUT2D eigenvalue weighted by Crippen LogP contribution is 2.12. The Morgan fingerprint density at radius 2 is 2.21 bits per heavy atom. The van der Waals surface area contributed by atoms with Crippen molar-refractivity contribution < 1.29 is 0 Å². The lowest BCUT2D eigenvalue weighted by Gasteiger charge is -1.93. The summed E-state index contributed by atoms with van der Waals surface area (Å²) in [4.78, 5) is 0. The lowest BCUT2D eigenvalue weighted by Crippen LogP contribution is -1.97. The number of hydrogen-bond donors (Lipinski definition) is 0. The van der Waals surface area contributed by atoms with Gasteiger partial charge in [-0.3, -0.25) is 0 Å². The van der Waals surface area contributed by atoms with Gasteiger partial charge in [0.1, 0.15) is 12.1 Å². The van der Waals surface area contributed by atoms with Crippen molar-refractivity contribution in [1.29, 1.82) is 10.5 Å². The summed E-state index contributed by atoms with van der Waals surface area (Å²) in [6, 6.07) is 9.08. The van der Waals surface area contributed by atoms with E-state index < -0.39 is 0 Å². The van der Waals surface area contributed by atoms with Crippen LogP contribution in [0, 0.1) is 22.7 Å². The Morgan fingerprint density at radius 3 is 2.93 bits per heavy atom. The van der Waals surface area contributed by atoms with Crippen LogP contribution in [0.15, 0.2) is 18.2 Å². The van der Waals surface area contributed by atoms with E-state index in [4.69, 9.17) is 10.5 Å². The van der Waals surface area contributed by atoms with Crippen molar-refractivity contribution in [3.8, 4) is 12.1 Å². The third-order valence-electron chi connectivity index (χ3n) is 1.86. The molecule has 66 valence electrons. The summed E-state index contributed by atoms with van der Waals surface area (Å²) in [5, 5.41) is 24.8. The second kappa shape index (κ2) is 3.15. The van der Waals surface area contributed by atoms with E-state index in [1.165, 1.54) is 4.68 Å². The van der Waals surface area contributed by atoms with Crippen molar-refractivity contribution in [1.82, 2.24) is 15.0 Å². The molecule has 0 saturated carbocycles. The standard InChI is InChI=1S/C9H5N5/c10-3-4-14-9-2-1-7(6-11)5-8(9)12-13-14/h1-2,5H,4H2. The molecule has 0 saturated heterocycles. The van der Waals surface area contributed by atoms with Gasteiger partial charge in [0.05, 0.1) is 23.2 Å². The summed E-state index contributed by atoms with van der Waals surface area (Å²) in [5.74, 6) is 0. The van der Waals surface area contributed by atoms with Crippen molar-refractivity contribution in [3.63, 3.8) is 0 Å². The average Bonchev–Trinajstić information content (AvgIpc) is 2.61. The number of rotatable bonds is 1. The Hall–Kier alpha value is -2.40. The van der Waals surface area contributed by atoms with Gasteiger partial charge in [-0.05, 0) is 18.2 Å². The van der Waals surface area contributed by atoms with E-state index in [0.29, 0.717) is 11.1 Å². The van der Waals surface area contributed by atoms with Crippen molar-refractivity contribution in [2.24, 2.45) is 0 Å². The highest BCUT2D eigenvalue weighted by Gasteiger charge is 2.03. The maximum Gasteiger partial charge on any atom is 0.130 e. The van der Waals surface area contributed by atoms with Crippen LogP contribution in [0.2, 0.25) is 0 Å². The normalized spacial score (nSPS) is 9.57. The summed E-state index contributed by atoms with van der Waals surface area (Å²) in [7, 11) is 0. The van der Waals surface area contributed by atoms with Gasteiger partial charge in [-0.25, -0.2) is 4.68 Å². The van der Waals surface area contributed by atoms with E-state index in [-0.39, 0.29) is 6.54 Å². The maximum atomic E-state index is 8.65. The van der Waals surface area contributed by atoms with Gasteiger partial charge in [0.2, 0.25) is 0 Å². The monoisotopic (exact) mass is 183 g/mol. The molecule has 2 aromatic rings. The van der Waals surface area contributed by atoms with E-state index >= 15 is 0 Å². The molecule has 0 N–H and O–H groups in total. The summed E-state index contributed by atoms with van der Waals surface area (Å²) >= 11 is 0. The first-order chi connectivity index (χ1) is 6.85. The molecule has 1 aromatic heterocycles. The second-order valence-corrected chi connectivity index (χ2v) is 2.72. The van der Waals surface area contributed by atoms with E-state index in [1.807, 2.05) is 12.1 Å². The van der Waals surface area contributed by atoms with Crippen LogP contribution in [0.25, 0.3) is 11.0 Å². The molecule has 0 aliphatic carbocycles. The largest absolute Gasteiger partial charge is 0.230 e. The lowest BCUT2D eigenvalue weighted by molar-refractivity contribution is 0.689. The number of benzene rings is 1. The Labute approximate surface area is 79.8 Å². The topological polar surface area (TPSA) is 78.3 Å². The molecule has 0 unspecified atom stereocenters. The van der Waals surface area contributed by atoms with Gasteiger partial charge in [-0.15, -0.1) is 5.10 Å². The van der Waals surface area contributed by atoms with Crippen molar-refractivity contribution >= 4 is 11.0 Å².